The van der Waals surface area contributed by atoms with Gasteiger partial charge in [0.15, 0.2) is 6.10 Å². The molecule has 0 aromatic carbocycles. The van der Waals surface area contributed by atoms with E-state index >= 15 is 0 Å². The molecule has 1 atom stereocenters. The lowest BCUT2D eigenvalue weighted by Crippen LogP contribution is -2.36. The van der Waals surface area contributed by atoms with Gasteiger partial charge in [-0.15, -0.1) is 0 Å². The summed E-state index contributed by atoms with van der Waals surface area (Å²) in [5.41, 5.74) is -0.889. The van der Waals surface area contributed by atoms with Crippen molar-refractivity contribution < 1.29 is 9.66 Å². The summed E-state index contributed by atoms with van der Waals surface area (Å²) in [5, 5.41) is 10.2. The van der Waals surface area contributed by atoms with Crippen molar-refractivity contribution in [2.75, 3.05) is 6.61 Å². The normalized spacial score (nSPS) is 25.8. The molecule has 0 saturated carbocycles. The standard InChI is InChI=1S/C5H9NO3/c1-5(2,6(7)8)4-3-9-4/h4H,3H2,1-2H3. The maximum absolute atomic E-state index is 10.2. The van der Waals surface area contributed by atoms with Gasteiger partial charge in [-0.3, -0.25) is 10.1 Å². The van der Waals surface area contributed by atoms with Gasteiger partial charge in [0.05, 0.1) is 6.61 Å². The summed E-state index contributed by atoms with van der Waals surface area (Å²) in [6.45, 7) is 3.68. The summed E-state index contributed by atoms with van der Waals surface area (Å²) in [6, 6.07) is 0. The van der Waals surface area contributed by atoms with Gasteiger partial charge >= 0.3 is 0 Å². The Bertz CT molecular complexity index is 139. The SMILES string of the molecule is CC(C)(C1CO1)[N+](=O)[O-]. The molecule has 1 unspecified atom stereocenters. The van der Waals surface area contributed by atoms with Crippen LogP contribution in [0.25, 0.3) is 0 Å². The van der Waals surface area contributed by atoms with E-state index < -0.39 is 5.54 Å². The van der Waals surface area contributed by atoms with E-state index in [-0.39, 0.29) is 11.0 Å². The van der Waals surface area contributed by atoms with Crippen LogP contribution in [-0.4, -0.2) is 23.2 Å². The third kappa shape index (κ3) is 1.03. The van der Waals surface area contributed by atoms with Gasteiger partial charge in [-0.1, -0.05) is 0 Å². The first-order chi connectivity index (χ1) is 4.05. The van der Waals surface area contributed by atoms with E-state index in [1.807, 2.05) is 0 Å². The number of hydrogen-bond acceptors (Lipinski definition) is 3. The molecule has 1 heterocycles. The van der Waals surface area contributed by atoms with Crippen molar-refractivity contribution in [1.29, 1.82) is 0 Å². The zero-order chi connectivity index (χ0) is 7.07. The van der Waals surface area contributed by atoms with Crippen molar-refractivity contribution in [3.63, 3.8) is 0 Å². The Hall–Kier alpha value is -0.640. The molecule has 52 valence electrons. The summed E-state index contributed by atoms with van der Waals surface area (Å²) in [7, 11) is 0. The van der Waals surface area contributed by atoms with Crippen molar-refractivity contribution in [1.82, 2.24) is 0 Å². The number of nitrogens with zero attached hydrogens (tertiary/aromatic N) is 1. The average molecular weight is 131 g/mol. The van der Waals surface area contributed by atoms with Crippen LogP contribution in [0.3, 0.4) is 0 Å². The van der Waals surface area contributed by atoms with Gasteiger partial charge in [-0.05, 0) is 0 Å². The van der Waals surface area contributed by atoms with Crippen LogP contribution in [0.1, 0.15) is 13.8 Å². The average Bonchev–Trinajstić information content (AvgIpc) is 2.42. The Morgan fingerprint density at radius 3 is 2.33 bits per heavy atom. The van der Waals surface area contributed by atoms with E-state index in [2.05, 4.69) is 0 Å². The third-order valence-corrected chi connectivity index (χ3v) is 1.59. The molecule has 0 N–H and O–H groups in total. The molecule has 1 aliphatic heterocycles. The summed E-state index contributed by atoms with van der Waals surface area (Å²) in [5.74, 6) is 0. The van der Waals surface area contributed by atoms with Gasteiger partial charge in [-0.25, -0.2) is 0 Å². The lowest BCUT2D eigenvalue weighted by molar-refractivity contribution is -0.563. The highest BCUT2D eigenvalue weighted by atomic mass is 16.6. The van der Waals surface area contributed by atoms with Gasteiger partial charge < -0.3 is 4.74 Å². The van der Waals surface area contributed by atoms with Gasteiger partial charge in [0.25, 0.3) is 0 Å². The van der Waals surface area contributed by atoms with Crippen molar-refractivity contribution in [2.24, 2.45) is 0 Å². The molecule has 0 radical (unpaired) electrons. The highest BCUT2D eigenvalue weighted by Gasteiger charge is 2.49. The zero-order valence-electron chi connectivity index (χ0n) is 5.46. The van der Waals surface area contributed by atoms with E-state index in [1.54, 1.807) is 13.8 Å². The Morgan fingerprint density at radius 1 is 1.78 bits per heavy atom. The third-order valence-electron chi connectivity index (χ3n) is 1.59. The molecule has 4 heteroatoms. The van der Waals surface area contributed by atoms with Gasteiger partial charge in [0.1, 0.15) is 0 Å². The lowest BCUT2D eigenvalue weighted by atomic mass is 10.0. The Balaban J connectivity index is 2.59. The molecule has 4 nitrogen and oxygen atoms in total. The second-order valence-electron chi connectivity index (χ2n) is 2.73. The summed E-state index contributed by atoms with van der Waals surface area (Å²) in [4.78, 5) is 9.93. The number of hydrogen-bond donors (Lipinski definition) is 0. The first-order valence-electron chi connectivity index (χ1n) is 2.81. The van der Waals surface area contributed by atoms with Gasteiger partial charge in [0.2, 0.25) is 5.54 Å². The topological polar surface area (TPSA) is 55.7 Å². The van der Waals surface area contributed by atoms with Crippen molar-refractivity contribution >= 4 is 0 Å². The van der Waals surface area contributed by atoms with Crippen LogP contribution in [0, 0.1) is 10.1 Å². The van der Waals surface area contributed by atoms with Crippen LogP contribution in [-0.2, 0) is 4.74 Å². The number of nitro groups is 1. The van der Waals surface area contributed by atoms with Crippen molar-refractivity contribution in [3.8, 4) is 0 Å². The first kappa shape index (κ1) is 6.48. The van der Waals surface area contributed by atoms with Crippen LogP contribution in [0.2, 0.25) is 0 Å². The molecule has 1 saturated heterocycles. The first-order valence-corrected chi connectivity index (χ1v) is 2.81. The Kier molecular flexibility index (Phi) is 1.20. The van der Waals surface area contributed by atoms with Crippen LogP contribution in [0.4, 0.5) is 0 Å². The predicted octanol–water partition coefficient (Wildman–Crippen LogP) is 0.440. The van der Waals surface area contributed by atoms with Crippen molar-refractivity contribution in [3.05, 3.63) is 10.1 Å². The Morgan fingerprint density at radius 2 is 2.22 bits per heavy atom. The lowest BCUT2D eigenvalue weighted by Gasteiger charge is -2.10. The van der Waals surface area contributed by atoms with E-state index in [1.165, 1.54) is 0 Å². The Labute approximate surface area is 53.0 Å². The number of ether oxygens (including phenoxy) is 1. The zero-order valence-corrected chi connectivity index (χ0v) is 5.46. The molecular formula is C5H9NO3. The maximum Gasteiger partial charge on any atom is 0.244 e. The monoisotopic (exact) mass is 131 g/mol. The fraction of sp³-hybridized carbons (Fsp3) is 1.00. The minimum absolute atomic E-state index is 0.160. The van der Waals surface area contributed by atoms with Crippen LogP contribution in [0.15, 0.2) is 0 Å². The second kappa shape index (κ2) is 1.67. The quantitative estimate of drug-likeness (QED) is 0.310. The van der Waals surface area contributed by atoms with Crippen LogP contribution >= 0.6 is 0 Å². The van der Waals surface area contributed by atoms with Gasteiger partial charge in [0, 0.05) is 18.8 Å². The largest absolute Gasteiger partial charge is 0.365 e. The predicted molar refractivity (Wildman–Crippen MR) is 30.8 cm³/mol. The molecule has 0 amide bonds. The molecule has 0 aromatic heterocycles. The molecule has 1 aliphatic rings. The minimum Gasteiger partial charge on any atom is -0.365 e. The molecule has 9 heavy (non-hydrogen) atoms. The second-order valence-corrected chi connectivity index (χ2v) is 2.73. The van der Waals surface area contributed by atoms with E-state index in [9.17, 15) is 10.1 Å². The molecular weight excluding hydrogens is 122 g/mol. The van der Waals surface area contributed by atoms with Crippen molar-refractivity contribution in [2.45, 2.75) is 25.5 Å². The maximum atomic E-state index is 10.2. The molecule has 0 aromatic rings. The summed E-state index contributed by atoms with van der Waals surface area (Å²) < 4.78 is 4.79. The molecule has 0 spiro atoms. The van der Waals surface area contributed by atoms with Gasteiger partial charge in [-0.2, -0.15) is 0 Å². The fourth-order valence-corrected chi connectivity index (χ4v) is 0.574. The molecule has 1 fully saturated rings. The number of epoxide rings is 1. The highest BCUT2D eigenvalue weighted by Crippen LogP contribution is 2.26. The molecule has 0 bridgehead atoms. The molecule has 0 aliphatic carbocycles. The minimum atomic E-state index is -0.889. The smallest absolute Gasteiger partial charge is 0.244 e. The van der Waals surface area contributed by atoms with Crippen LogP contribution in [0.5, 0.6) is 0 Å². The van der Waals surface area contributed by atoms with Crippen LogP contribution < -0.4 is 0 Å². The van der Waals surface area contributed by atoms with E-state index in [0.717, 1.165) is 0 Å². The highest BCUT2D eigenvalue weighted by molar-refractivity contribution is 4.86. The fourth-order valence-electron chi connectivity index (χ4n) is 0.574. The summed E-state index contributed by atoms with van der Waals surface area (Å²) in [6.07, 6.45) is -0.160. The summed E-state index contributed by atoms with van der Waals surface area (Å²) >= 11 is 0. The van der Waals surface area contributed by atoms with E-state index in [4.69, 9.17) is 4.74 Å². The molecule has 1 rings (SSSR count). The van der Waals surface area contributed by atoms with E-state index in [0.29, 0.717) is 6.61 Å². The number of rotatable bonds is 2.